The summed E-state index contributed by atoms with van der Waals surface area (Å²) >= 11 is 0. The van der Waals surface area contributed by atoms with Gasteiger partial charge < -0.3 is 10.2 Å². The zero-order valence-corrected chi connectivity index (χ0v) is 11.7. The predicted octanol–water partition coefficient (Wildman–Crippen LogP) is 4.04. The molecule has 0 aliphatic heterocycles. The molecular weight excluding hydrogens is 246 g/mol. The van der Waals surface area contributed by atoms with Crippen LogP contribution in [0.15, 0.2) is 60.8 Å². The van der Waals surface area contributed by atoms with Crippen LogP contribution in [0.5, 0.6) is 0 Å². The van der Waals surface area contributed by atoms with E-state index in [0.29, 0.717) is 0 Å². The molecule has 1 N–H and O–H groups in total. The van der Waals surface area contributed by atoms with Crippen molar-refractivity contribution >= 4 is 28.0 Å². The molecule has 0 unspecified atom stereocenters. The molecule has 1 heterocycles. The van der Waals surface area contributed by atoms with E-state index < -0.39 is 0 Å². The van der Waals surface area contributed by atoms with Crippen LogP contribution in [0.4, 0.5) is 17.1 Å². The number of fused-ring (bicyclic) bond motifs is 1. The lowest BCUT2D eigenvalue weighted by molar-refractivity contribution is 1.13. The van der Waals surface area contributed by atoms with Crippen molar-refractivity contribution < 1.29 is 0 Å². The normalized spacial score (nSPS) is 10.5. The van der Waals surface area contributed by atoms with Crippen molar-refractivity contribution in [3.05, 3.63) is 60.8 Å². The third-order valence-corrected chi connectivity index (χ3v) is 3.25. The van der Waals surface area contributed by atoms with Gasteiger partial charge in [-0.3, -0.25) is 4.98 Å². The summed E-state index contributed by atoms with van der Waals surface area (Å²) in [4.78, 5) is 6.42. The van der Waals surface area contributed by atoms with Crippen molar-refractivity contribution in [1.29, 1.82) is 0 Å². The number of benzene rings is 2. The van der Waals surface area contributed by atoms with Gasteiger partial charge >= 0.3 is 0 Å². The summed E-state index contributed by atoms with van der Waals surface area (Å²) in [5, 5.41) is 4.58. The first kappa shape index (κ1) is 12.5. The molecule has 0 amide bonds. The zero-order chi connectivity index (χ0) is 13.9. The second kappa shape index (κ2) is 5.21. The van der Waals surface area contributed by atoms with E-state index >= 15 is 0 Å². The molecule has 100 valence electrons. The molecule has 3 rings (SSSR count). The van der Waals surface area contributed by atoms with Gasteiger partial charge in [0.05, 0.1) is 5.52 Å². The van der Waals surface area contributed by atoms with Crippen molar-refractivity contribution in [1.82, 2.24) is 4.98 Å². The highest BCUT2D eigenvalue weighted by Crippen LogP contribution is 2.23. The minimum Gasteiger partial charge on any atom is -0.378 e. The summed E-state index contributed by atoms with van der Waals surface area (Å²) in [7, 11) is 4.08. The molecular formula is C17H17N3. The number of pyridine rings is 1. The van der Waals surface area contributed by atoms with E-state index in [-0.39, 0.29) is 0 Å². The van der Waals surface area contributed by atoms with Gasteiger partial charge in [0, 0.05) is 42.7 Å². The smallest absolute Gasteiger partial charge is 0.0703 e. The molecule has 3 heteroatoms. The minimum atomic E-state index is 1.01. The van der Waals surface area contributed by atoms with E-state index in [1.54, 1.807) is 0 Å². The maximum absolute atomic E-state index is 4.33. The van der Waals surface area contributed by atoms with Gasteiger partial charge in [0.2, 0.25) is 0 Å². The Morgan fingerprint density at radius 2 is 1.75 bits per heavy atom. The Morgan fingerprint density at radius 3 is 2.60 bits per heavy atom. The molecule has 0 aliphatic rings. The number of hydrogen-bond acceptors (Lipinski definition) is 3. The number of aromatic nitrogens is 1. The van der Waals surface area contributed by atoms with Crippen LogP contribution in [-0.2, 0) is 0 Å². The number of rotatable bonds is 3. The molecule has 0 radical (unpaired) electrons. The Morgan fingerprint density at radius 1 is 0.900 bits per heavy atom. The Bertz CT molecular complexity index is 735. The van der Waals surface area contributed by atoms with Crippen LogP contribution in [0, 0.1) is 0 Å². The Kier molecular flexibility index (Phi) is 3.25. The third kappa shape index (κ3) is 2.57. The molecule has 0 spiro atoms. The third-order valence-electron chi connectivity index (χ3n) is 3.25. The van der Waals surface area contributed by atoms with E-state index in [9.17, 15) is 0 Å². The molecule has 1 aromatic heterocycles. The molecule has 20 heavy (non-hydrogen) atoms. The molecule has 3 nitrogen and oxygen atoms in total. The van der Waals surface area contributed by atoms with E-state index in [1.807, 2.05) is 32.4 Å². The quantitative estimate of drug-likeness (QED) is 0.773. The van der Waals surface area contributed by atoms with E-state index in [4.69, 9.17) is 0 Å². The Labute approximate surface area is 118 Å². The molecule has 0 atom stereocenters. The number of hydrogen-bond donors (Lipinski definition) is 1. The van der Waals surface area contributed by atoms with Crippen LogP contribution in [-0.4, -0.2) is 19.1 Å². The molecule has 0 aliphatic carbocycles. The van der Waals surface area contributed by atoms with Crippen LogP contribution in [0.25, 0.3) is 10.9 Å². The van der Waals surface area contributed by atoms with Gasteiger partial charge in [-0.2, -0.15) is 0 Å². The predicted molar refractivity (Wildman–Crippen MR) is 85.8 cm³/mol. The average molecular weight is 263 g/mol. The molecule has 0 saturated carbocycles. The SMILES string of the molecule is CN(C)c1cccc(Nc2ccc3ncccc3c2)c1. The molecule has 0 fully saturated rings. The highest BCUT2D eigenvalue weighted by atomic mass is 15.1. The van der Waals surface area contributed by atoms with E-state index in [1.165, 1.54) is 5.69 Å². The van der Waals surface area contributed by atoms with Gasteiger partial charge in [-0.15, -0.1) is 0 Å². The fourth-order valence-corrected chi connectivity index (χ4v) is 2.18. The van der Waals surface area contributed by atoms with E-state index in [0.717, 1.165) is 22.3 Å². The Hall–Kier alpha value is -2.55. The zero-order valence-electron chi connectivity index (χ0n) is 11.7. The summed E-state index contributed by atoms with van der Waals surface area (Å²) in [5.41, 5.74) is 4.35. The first-order valence-corrected chi connectivity index (χ1v) is 6.61. The van der Waals surface area contributed by atoms with Crippen LogP contribution < -0.4 is 10.2 Å². The van der Waals surface area contributed by atoms with Gasteiger partial charge in [0.25, 0.3) is 0 Å². The molecule has 0 saturated heterocycles. The summed E-state index contributed by atoms with van der Waals surface area (Å²) in [6.45, 7) is 0. The topological polar surface area (TPSA) is 28.2 Å². The van der Waals surface area contributed by atoms with Crippen molar-refractivity contribution in [3.63, 3.8) is 0 Å². The average Bonchev–Trinajstić information content (AvgIpc) is 2.47. The van der Waals surface area contributed by atoms with Gasteiger partial charge in [-0.25, -0.2) is 0 Å². The Balaban J connectivity index is 1.90. The lowest BCUT2D eigenvalue weighted by atomic mass is 10.2. The highest BCUT2D eigenvalue weighted by Gasteiger charge is 2.00. The standard InChI is InChI=1S/C17H17N3/c1-20(2)16-7-3-6-14(12-16)19-15-8-9-17-13(11-15)5-4-10-18-17/h3-12,19H,1-2H3. The van der Waals surface area contributed by atoms with Crippen LogP contribution in [0.2, 0.25) is 0 Å². The van der Waals surface area contributed by atoms with Crippen molar-refractivity contribution in [2.45, 2.75) is 0 Å². The van der Waals surface area contributed by atoms with Crippen molar-refractivity contribution in [2.24, 2.45) is 0 Å². The second-order valence-corrected chi connectivity index (χ2v) is 4.98. The fourth-order valence-electron chi connectivity index (χ4n) is 2.18. The minimum absolute atomic E-state index is 1.01. The molecule has 0 bridgehead atoms. The van der Waals surface area contributed by atoms with Crippen LogP contribution >= 0.6 is 0 Å². The summed E-state index contributed by atoms with van der Waals surface area (Å²) < 4.78 is 0. The first-order valence-electron chi connectivity index (χ1n) is 6.61. The highest BCUT2D eigenvalue weighted by molar-refractivity contribution is 5.83. The number of anilines is 3. The maximum Gasteiger partial charge on any atom is 0.0703 e. The van der Waals surface area contributed by atoms with Crippen LogP contribution in [0.3, 0.4) is 0 Å². The number of nitrogens with zero attached hydrogens (tertiary/aromatic N) is 2. The molecule has 3 aromatic rings. The summed E-state index contributed by atoms with van der Waals surface area (Å²) in [5.74, 6) is 0. The van der Waals surface area contributed by atoms with Crippen molar-refractivity contribution in [2.75, 3.05) is 24.3 Å². The lowest BCUT2D eigenvalue weighted by Crippen LogP contribution is -2.08. The second-order valence-electron chi connectivity index (χ2n) is 4.98. The number of nitrogens with one attached hydrogen (secondary N) is 1. The maximum atomic E-state index is 4.33. The van der Waals surface area contributed by atoms with Gasteiger partial charge in [0.15, 0.2) is 0 Å². The summed E-state index contributed by atoms with van der Waals surface area (Å²) in [6, 6.07) is 18.6. The monoisotopic (exact) mass is 263 g/mol. The largest absolute Gasteiger partial charge is 0.378 e. The fraction of sp³-hybridized carbons (Fsp3) is 0.118. The summed E-state index contributed by atoms with van der Waals surface area (Å²) in [6.07, 6.45) is 1.82. The molecule has 2 aromatic carbocycles. The van der Waals surface area contributed by atoms with E-state index in [2.05, 4.69) is 57.7 Å². The van der Waals surface area contributed by atoms with Gasteiger partial charge in [0.1, 0.15) is 0 Å². The van der Waals surface area contributed by atoms with Crippen LogP contribution in [0.1, 0.15) is 0 Å². The lowest BCUT2D eigenvalue weighted by Gasteiger charge is -2.14. The van der Waals surface area contributed by atoms with Gasteiger partial charge in [-0.05, 0) is 42.5 Å². The van der Waals surface area contributed by atoms with Crippen molar-refractivity contribution in [3.8, 4) is 0 Å². The first-order chi connectivity index (χ1) is 9.72. The van der Waals surface area contributed by atoms with Gasteiger partial charge in [-0.1, -0.05) is 12.1 Å².